The third kappa shape index (κ3) is 3.35. The maximum absolute atomic E-state index is 9.33. The van der Waals surface area contributed by atoms with Gasteiger partial charge in [-0.15, -0.1) is 0 Å². The number of allylic oxidation sites excluding steroid dienone is 2. The second-order valence-corrected chi connectivity index (χ2v) is 2.60. The van der Waals surface area contributed by atoms with Gasteiger partial charge in [-0.3, -0.25) is 0 Å². The maximum atomic E-state index is 9.33. The summed E-state index contributed by atoms with van der Waals surface area (Å²) >= 11 is 0. The van der Waals surface area contributed by atoms with Crippen LogP contribution < -0.4 is 0 Å². The summed E-state index contributed by atoms with van der Waals surface area (Å²) in [6.07, 6.45) is 6.55. The van der Waals surface area contributed by atoms with Gasteiger partial charge in [0.2, 0.25) is 0 Å². The molecule has 0 radical (unpaired) electrons. The Hall–Kier alpha value is -0.600. The van der Waals surface area contributed by atoms with Crippen LogP contribution in [-0.4, -0.2) is 16.0 Å². The Morgan fingerprint density at radius 2 is 1.73 bits per heavy atom. The first-order valence-corrected chi connectivity index (χ1v) is 3.76. The van der Waals surface area contributed by atoms with E-state index < -0.39 is 5.79 Å². The van der Waals surface area contributed by atoms with Crippen molar-refractivity contribution in [3.05, 3.63) is 24.3 Å². The van der Waals surface area contributed by atoms with Gasteiger partial charge in [-0.1, -0.05) is 25.2 Å². The molecule has 0 aliphatic carbocycles. The van der Waals surface area contributed by atoms with E-state index >= 15 is 0 Å². The van der Waals surface area contributed by atoms with Gasteiger partial charge in [0, 0.05) is 5.92 Å². The topological polar surface area (TPSA) is 40.5 Å². The normalized spacial score (nSPS) is 16.5. The molecular weight excluding hydrogens is 140 g/mol. The lowest BCUT2D eigenvalue weighted by Crippen LogP contribution is -2.32. The van der Waals surface area contributed by atoms with E-state index in [0.29, 0.717) is 0 Å². The Balaban J connectivity index is 4.28. The Morgan fingerprint density at radius 1 is 1.18 bits per heavy atom. The lowest BCUT2D eigenvalue weighted by molar-refractivity contribution is -0.142. The zero-order chi connectivity index (χ0) is 8.91. The highest BCUT2D eigenvalue weighted by atomic mass is 16.5. The van der Waals surface area contributed by atoms with Crippen LogP contribution in [-0.2, 0) is 0 Å². The Kier molecular flexibility index (Phi) is 4.08. The highest BCUT2D eigenvalue weighted by molar-refractivity contribution is 5.01. The van der Waals surface area contributed by atoms with Gasteiger partial charge in [-0.25, -0.2) is 0 Å². The summed E-state index contributed by atoms with van der Waals surface area (Å²) in [4.78, 5) is 0. The van der Waals surface area contributed by atoms with Gasteiger partial charge in [0.25, 0.3) is 0 Å². The molecule has 0 rings (SSSR count). The van der Waals surface area contributed by atoms with Crippen molar-refractivity contribution in [2.24, 2.45) is 5.92 Å². The first kappa shape index (κ1) is 10.4. The minimum absolute atomic E-state index is 0.274. The fourth-order valence-electron chi connectivity index (χ4n) is 0.827. The SMILES string of the molecule is C/C=C/C(C)C(O)(O)/C=C/C. The second kappa shape index (κ2) is 4.31. The number of rotatable bonds is 3. The van der Waals surface area contributed by atoms with Crippen molar-refractivity contribution in [3.63, 3.8) is 0 Å². The minimum Gasteiger partial charge on any atom is -0.362 e. The summed E-state index contributed by atoms with van der Waals surface area (Å²) in [6, 6.07) is 0. The molecule has 0 fully saturated rings. The van der Waals surface area contributed by atoms with Gasteiger partial charge in [0.05, 0.1) is 0 Å². The van der Waals surface area contributed by atoms with E-state index in [1.165, 1.54) is 6.08 Å². The smallest absolute Gasteiger partial charge is 0.188 e. The van der Waals surface area contributed by atoms with Crippen molar-refractivity contribution < 1.29 is 10.2 Å². The van der Waals surface area contributed by atoms with Gasteiger partial charge in [0.15, 0.2) is 5.79 Å². The van der Waals surface area contributed by atoms with Gasteiger partial charge in [-0.05, 0) is 19.9 Å². The van der Waals surface area contributed by atoms with Crippen LogP contribution >= 0.6 is 0 Å². The molecule has 0 saturated carbocycles. The standard InChI is InChI=1S/C9H16O2/c1-4-6-8(3)9(10,11)7-5-2/h4-8,10-11H,1-3H3/b6-4+,7-5+. The highest BCUT2D eigenvalue weighted by Crippen LogP contribution is 2.16. The van der Waals surface area contributed by atoms with Gasteiger partial charge < -0.3 is 10.2 Å². The largest absolute Gasteiger partial charge is 0.362 e. The molecule has 0 spiro atoms. The predicted octanol–water partition coefficient (Wildman–Crippen LogP) is 1.46. The molecule has 0 aliphatic heterocycles. The maximum Gasteiger partial charge on any atom is 0.188 e. The molecule has 1 unspecified atom stereocenters. The molecule has 0 amide bonds. The molecule has 2 N–H and O–H groups in total. The fourth-order valence-corrected chi connectivity index (χ4v) is 0.827. The summed E-state index contributed by atoms with van der Waals surface area (Å²) in [6.45, 7) is 5.35. The molecule has 0 aromatic heterocycles. The second-order valence-electron chi connectivity index (χ2n) is 2.60. The van der Waals surface area contributed by atoms with Crippen molar-refractivity contribution in [1.82, 2.24) is 0 Å². The third-order valence-electron chi connectivity index (χ3n) is 1.56. The van der Waals surface area contributed by atoms with Crippen LogP contribution in [0, 0.1) is 5.92 Å². The van der Waals surface area contributed by atoms with Crippen molar-refractivity contribution in [2.75, 3.05) is 0 Å². The van der Waals surface area contributed by atoms with E-state index in [9.17, 15) is 10.2 Å². The lowest BCUT2D eigenvalue weighted by atomic mass is 10.00. The molecule has 11 heavy (non-hydrogen) atoms. The molecule has 0 saturated heterocycles. The van der Waals surface area contributed by atoms with Crippen LogP contribution in [0.15, 0.2) is 24.3 Å². The zero-order valence-electron chi connectivity index (χ0n) is 7.28. The van der Waals surface area contributed by atoms with Crippen LogP contribution in [0.4, 0.5) is 0 Å². The lowest BCUT2D eigenvalue weighted by Gasteiger charge is -2.22. The third-order valence-corrected chi connectivity index (χ3v) is 1.56. The van der Waals surface area contributed by atoms with Crippen LogP contribution in [0.2, 0.25) is 0 Å². The molecule has 2 nitrogen and oxygen atoms in total. The summed E-state index contributed by atoms with van der Waals surface area (Å²) in [5.41, 5.74) is 0. The van der Waals surface area contributed by atoms with Crippen LogP contribution in [0.1, 0.15) is 20.8 Å². The molecule has 0 aromatic rings. The summed E-state index contributed by atoms with van der Waals surface area (Å²) < 4.78 is 0. The Bertz CT molecular complexity index is 157. The predicted molar refractivity (Wildman–Crippen MR) is 46.0 cm³/mol. The first-order valence-electron chi connectivity index (χ1n) is 3.76. The van der Waals surface area contributed by atoms with Crippen molar-refractivity contribution >= 4 is 0 Å². The summed E-state index contributed by atoms with van der Waals surface area (Å²) in [7, 11) is 0. The molecule has 0 bridgehead atoms. The number of hydrogen-bond donors (Lipinski definition) is 2. The van der Waals surface area contributed by atoms with Crippen LogP contribution in [0.5, 0.6) is 0 Å². The average Bonchev–Trinajstić information content (AvgIpc) is 1.88. The fraction of sp³-hybridized carbons (Fsp3) is 0.556. The first-order chi connectivity index (χ1) is 5.04. The van der Waals surface area contributed by atoms with E-state index in [0.717, 1.165) is 0 Å². The minimum atomic E-state index is -1.71. The van der Waals surface area contributed by atoms with Crippen molar-refractivity contribution in [1.29, 1.82) is 0 Å². The monoisotopic (exact) mass is 156 g/mol. The van der Waals surface area contributed by atoms with Crippen molar-refractivity contribution in [2.45, 2.75) is 26.6 Å². The van der Waals surface area contributed by atoms with E-state index in [2.05, 4.69) is 0 Å². The summed E-state index contributed by atoms with van der Waals surface area (Å²) in [5.74, 6) is -1.98. The van der Waals surface area contributed by atoms with Gasteiger partial charge in [0.1, 0.15) is 0 Å². The molecule has 0 heterocycles. The van der Waals surface area contributed by atoms with Crippen molar-refractivity contribution in [3.8, 4) is 0 Å². The van der Waals surface area contributed by atoms with Gasteiger partial charge in [-0.2, -0.15) is 0 Å². The summed E-state index contributed by atoms with van der Waals surface area (Å²) in [5, 5.41) is 18.7. The zero-order valence-corrected chi connectivity index (χ0v) is 7.28. The molecular formula is C9H16O2. The average molecular weight is 156 g/mol. The number of hydrogen-bond acceptors (Lipinski definition) is 2. The van der Waals surface area contributed by atoms with E-state index in [1.54, 1.807) is 32.1 Å². The molecule has 0 aromatic carbocycles. The Labute approximate surface area is 67.9 Å². The molecule has 2 heteroatoms. The van der Waals surface area contributed by atoms with E-state index in [1.807, 2.05) is 6.92 Å². The van der Waals surface area contributed by atoms with E-state index in [4.69, 9.17) is 0 Å². The van der Waals surface area contributed by atoms with E-state index in [-0.39, 0.29) is 5.92 Å². The molecule has 1 atom stereocenters. The van der Waals surface area contributed by atoms with Crippen LogP contribution in [0.3, 0.4) is 0 Å². The Morgan fingerprint density at radius 3 is 2.09 bits per heavy atom. The molecule has 64 valence electrons. The van der Waals surface area contributed by atoms with Crippen LogP contribution in [0.25, 0.3) is 0 Å². The molecule has 0 aliphatic rings. The highest BCUT2D eigenvalue weighted by Gasteiger charge is 2.24. The number of aliphatic hydroxyl groups is 2. The quantitative estimate of drug-likeness (QED) is 0.479. The van der Waals surface area contributed by atoms with Gasteiger partial charge >= 0.3 is 0 Å².